The van der Waals surface area contributed by atoms with Gasteiger partial charge in [-0.1, -0.05) is 39.8 Å². The van der Waals surface area contributed by atoms with Crippen LogP contribution < -0.4 is 5.32 Å². The Labute approximate surface area is 135 Å². The molecule has 1 saturated carbocycles. The van der Waals surface area contributed by atoms with Gasteiger partial charge in [-0.2, -0.15) is 0 Å². The predicted molar refractivity (Wildman–Crippen MR) is 94.9 cm³/mol. The first-order valence-corrected chi connectivity index (χ1v) is 9.58. The van der Waals surface area contributed by atoms with E-state index in [0.717, 1.165) is 30.1 Å². The Morgan fingerprint density at radius 1 is 1.05 bits per heavy atom. The van der Waals surface area contributed by atoms with E-state index in [4.69, 9.17) is 0 Å². The summed E-state index contributed by atoms with van der Waals surface area (Å²) in [7, 11) is 0. The van der Waals surface area contributed by atoms with Crippen molar-refractivity contribution in [2.75, 3.05) is 12.3 Å². The maximum Gasteiger partial charge on any atom is 0.0348 e. The van der Waals surface area contributed by atoms with E-state index in [2.05, 4.69) is 57.3 Å². The summed E-state index contributed by atoms with van der Waals surface area (Å²) in [6, 6.07) is 9.80. The van der Waals surface area contributed by atoms with Gasteiger partial charge >= 0.3 is 0 Å². The van der Waals surface area contributed by atoms with Crippen molar-refractivity contribution in [2.45, 2.75) is 57.9 Å². The lowest BCUT2D eigenvalue weighted by molar-refractivity contribution is 0.177. The molecule has 3 atom stereocenters. The Bertz CT molecular complexity index is 404. The Kier molecular flexibility index (Phi) is 6.63. The van der Waals surface area contributed by atoms with Gasteiger partial charge in [0.05, 0.1) is 0 Å². The van der Waals surface area contributed by atoms with Gasteiger partial charge in [-0.15, -0.1) is 11.8 Å². The summed E-state index contributed by atoms with van der Waals surface area (Å²) >= 11 is 1.93. The van der Waals surface area contributed by atoms with Crippen LogP contribution in [0.3, 0.4) is 0 Å². The molecule has 2 heteroatoms. The highest BCUT2D eigenvalue weighted by Crippen LogP contribution is 2.40. The second-order valence-corrected chi connectivity index (χ2v) is 8.05. The Balaban J connectivity index is 2.13. The zero-order chi connectivity index (χ0) is 15.2. The number of hydrogen-bond donors (Lipinski definition) is 1. The van der Waals surface area contributed by atoms with Crippen LogP contribution in [0.15, 0.2) is 29.2 Å². The number of hydrogen-bond acceptors (Lipinski definition) is 2. The molecule has 1 nitrogen and oxygen atoms in total. The van der Waals surface area contributed by atoms with Crippen molar-refractivity contribution in [2.24, 2.45) is 17.8 Å². The fourth-order valence-corrected chi connectivity index (χ4v) is 4.66. The lowest BCUT2D eigenvalue weighted by Crippen LogP contribution is -2.33. The van der Waals surface area contributed by atoms with Crippen molar-refractivity contribution < 1.29 is 0 Å². The topological polar surface area (TPSA) is 12.0 Å². The summed E-state index contributed by atoms with van der Waals surface area (Å²) in [5.74, 6) is 3.67. The van der Waals surface area contributed by atoms with E-state index >= 15 is 0 Å². The predicted octanol–water partition coefficient (Wildman–Crippen LogP) is 5.52. The van der Waals surface area contributed by atoms with Crippen LogP contribution in [-0.2, 0) is 0 Å². The third kappa shape index (κ3) is 4.75. The summed E-state index contributed by atoms with van der Waals surface area (Å²) in [5.41, 5.74) is 1.48. The molecule has 0 aliphatic heterocycles. The Morgan fingerprint density at radius 3 is 2.19 bits per heavy atom. The minimum absolute atomic E-state index is 0.529. The average Bonchev–Trinajstić information content (AvgIpc) is 2.45. The molecular weight excluding hydrogens is 274 g/mol. The second kappa shape index (κ2) is 8.24. The van der Waals surface area contributed by atoms with Gasteiger partial charge in [0.1, 0.15) is 0 Å². The quantitative estimate of drug-likeness (QED) is 0.694. The zero-order valence-electron chi connectivity index (χ0n) is 14.1. The third-order valence-electron chi connectivity index (χ3n) is 4.66. The molecule has 1 aliphatic rings. The number of thioether (sulfide) groups is 1. The smallest absolute Gasteiger partial charge is 0.0348 e. The van der Waals surface area contributed by atoms with Crippen LogP contribution in [0.1, 0.15) is 58.6 Å². The van der Waals surface area contributed by atoms with Crippen molar-refractivity contribution in [3.05, 3.63) is 29.8 Å². The van der Waals surface area contributed by atoms with Crippen LogP contribution in [0.2, 0.25) is 0 Å². The summed E-state index contributed by atoms with van der Waals surface area (Å²) in [6.45, 7) is 10.3. The number of benzene rings is 1. The van der Waals surface area contributed by atoms with Gasteiger partial charge in [0.25, 0.3) is 0 Å². The van der Waals surface area contributed by atoms with Crippen LogP contribution in [0.5, 0.6) is 0 Å². The summed E-state index contributed by atoms with van der Waals surface area (Å²) in [6.07, 6.45) is 4.14. The fraction of sp³-hybridized carbons (Fsp3) is 0.684. The molecule has 21 heavy (non-hydrogen) atoms. The van der Waals surface area contributed by atoms with E-state index in [1.54, 1.807) is 0 Å². The highest BCUT2D eigenvalue weighted by molar-refractivity contribution is 7.99. The maximum atomic E-state index is 3.75. The summed E-state index contributed by atoms with van der Waals surface area (Å²) in [4.78, 5) is 1.39. The molecule has 1 aromatic rings. The molecule has 0 spiro atoms. The molecule has 118 valence electrons. The van der Waals surface area contributed by atoms with Gasteiger partial charge in [0.2, 0.25) is 0 Å². The Morgan fingerprint density at radius 2 is 1.67 bits per heavy atom. The molecule has 2 rings (SSSR count). The van der Waals surface area contributed by atoms with Gasteiger partial charge in [0, 0.05) is 10.9 Å². The molecule has 1 N–H and O–H groups in total. The lowest BCUT2D eigenvalue weighted by Gasteiger charge is -2.37. The van der Waals surface area contributed by atoms with Crippen LogP contribution in [-0.4, -0.2) is 12.3 Å². The monoisotopic (exact) mass is 305 g/mol. The molecule has 3 unspecified atom stereocenters. The highest BCUT2D eigenvalue weighted by Gasteiger charge is 2.30. The second-order valence-electron chi connectivity index (χ2n) is 6.71. The van der Waals surface area contributed by atoms with Gasteiger partial charge in [-0.05, 0) is 67.0 Å². The van der Waals surface area contributed by atoms with Crippen LogP contribution in [0.4, 0.5) is 0 Å². The SMILES string of the molecule is CCNC(c1ccc(SCC)cc1)C1CC(C)CC(C)C1. The van der Waals surface area contributed by atoms with Crippen molar-refractivity contribution in [1.82, 2.24) is 5.32 Å². The van der Waals surface area contributed by atoms with Gasteiger partial charge in [-0.25, -0.2) is 0 Å². The van der Waals surface area contributed by atoms with Gasteiger partial charge < -0.3 is 5.32 Å². The molecule has 0 aromatic heterocycles. The molecule has 1 aliphatic carbocycles. The van der Waals surface area contributed by atoms with Crippen molar-refractivity contribution >= 4 is 11.8 Å². The molecule has 0 bridgehead atoms. The Hall–Kier alpha value is -0.470. The number of nitrogens with one attached hydrogen (secondary N) is 1. The van der Waals surface area contributed by atoms with E-state index in [1.165, 1.54) is 29.7 Å². The van der Waals surface area contributed by atoms with Gasteiger partial charge in [-0.3, -0.25) is 0 Å². The molecule has 1 aromatic carbocycles. The third-order valence-corrected chi connectivity index (χ3v) is 5.55. The average molecular weight is 306 g/mol. The molecule has 0 amide bonds. The maximum absolute atomic E-state index is 3.75. The molecule has 0 heterocycles. The minimum Gasteiger partial charge on any atom is -0.310 e. The first kappa shape index (κ1) is 16.9. The van der Waals surface area contributed by atoms with Crippen LogP contribution in [0.25, 0.3) is 0 Å². The van der Waals surface area contributed by atoms with E-state index in [0.29, 0.717) is 6.04 Å². The molecule has 0 radical (unpaired) electrons. The van der Waals surface area contributed by atoms with Crippen molar-refractivity contribution in [1.29, 1.82) is 0 Å². The minimum atomic E-state index is 0.529. The molecular formula is C19H31NS. The van der Waals surface area contributed by atoms with E-state index in [-0.39, 0.29) is 0 Å². The van der Waals surface area contributed by atoms with E-state index in [9.17, 15) is 0 Å². The normalized spacial score (nSPS) is 27.5. The first-order chi connectivity index (χ1) is 10.1. The highest BCUT2D eigenvalue weighted by atomic mass is 32.2. The first-order valence-electron chi connectivity index (χ1n) is 8.60. The van der Waals surface area contributed by atoms with Gasteiger partial charge in [0.15, 0.2) is 0 Å². The number of rotatable bonds is 6. The lowest BCUT2D eigenvalue weighted by atomic mass is 9.72. The largest absolute Gasteiger partial charge is 0.310 e. The summed E-state index contributed by atoms with van der Waals surface area (Å²) in [5, 5.41) is 3.75. The van der Waals surface area contributed by atoms with Crippen molar-refractivity contribution in [3.8, 4) is 0 Å². The van der Waals surface area contributed by atoms with Crippen LogP contribution >= 0.6 is 11.8 Å². The fourth-order valence-electron chi connectivity index (χ4n) is 4.00. The zero-order valence-corrected chi connectivity index (χ0v) is 14.9. The van der Waals surface area contributed by atoms with Crippen molar-refractivity contribution in [3.63, 3.8) is 0 Å². The van der Waals surface area contributed by atoms with E-state index < -0.39 is 0 Å². The molecule has 1 fully saturated rings. The molecule has 0 saturated heterocycles. The van der Waals surface area contributed by atoms with E-state index in [1.807, 2.05) is 11.8 Å². The summed E-state index contributed by atoms with van der Waals surface area (Å²) < 4.78 is 0. The van der Waals surface area contributed by atoms with Crippen LogP contribution in [0, 0.1) is 17.8 Å². The standard InChI is InChI=1S/C19H31NS/c1-5-20-19(17-12-14(3)11-15(4)13-17)16-7-9-18(10-8-16)21-6-2/h7-10,14-15,17,19-20H,5-6,11-13H2,1-4H3.